The summed E-state index contributed by atoms with van der Waals surface area (Å²) in [5.74, 6) is 0.410. The molecular formula is C17H23N3O2. The number of carbonyl (C=O) groups excluding carboxylic acids is 1. The van der Waals surface area contributed by atoms with Gasteiger partial charge in [0.25, 0.3) is 5.91 Å². The third-order valence-corrected chi connectivity index (χ3v) is 3.17. The Morgan fingerprint density at radius 1 is 1.23 bits per heavy atom. The van der Waals surface area contributed by atoms with Crippen LogP contribution in [0, 0.1) is 12.3 Å². The molecule has 0 bridgehead atoms. The molecule has 0 atom stereocenters. The third-order valence-electron chi connectivity index (χ3n) is 3.17. The van der Waals surface area contributed by atoms with Crippen LogP contribution in [0.3, 0.4) is 0 Å². The van der Waals surface area contributed by atoms with Gasteiger partial charge >= 0.3 is 6.01 Å². The normalized spacial score (nSPS) is 11.5. The zero-order valence-corrected chi connectivity index (χ0v) is 13.9. The molecule has 2 aromatic rings. The van der Waals surface area contributed by atoms with Crippen molar-refractivity contribution in [2.24, 2.45) is 5.41 Å². The van der Waals surface area contributed by atoms with E-state index in [1.165, 1.54) is 4.68 Å². The smallest absolute Gasteiger partial charge is 0.336 e. The van der Waals surface area contributed by atoms with Gasteiger partial charge in [0.05, 0.1) is 6.61 Å². The highest BCUT2D eigenvalue weighted by Gasteiger charge is 2.28. The van der Waals surface area contributed by atoms with Crippen molar-refractivity contribution in [3.05, 3.63) is 29.8 Å². The van der Waals surface area contributed by atoms with Crippen LogP contribution < -0.4 is 4.74 Å². The lowest BCUT2D eigenvalue weighted by atomic mass is 9.95. The van der Waals surface area contributed by atoms with E-state index in [2.05, 4.69) is 10.1 Å². The second-order valence-corrected chi connectivity index (χ2v) is 6.40. The number of rotatable bonds is 4. The van der Waals surface area contributed by atoms with E-state index >= 15 is 0 Å². The van der Waals surface area contributed by atoms with Gasteiger partial charge < -0.3 is 4.74 Å². The van der Waals surface area contributed by atoms with E-state index in [9.17, 15) is 4.79 Å². The van der Waals surface area contributed by atoms with Crippen molar-refractivity contribution >= 4 is 5.91 Å². The van der Waals surface area contributed by atoms with Gasteiger partial charge in [-0.15, -0.1) is 5.10 Å². The molecule has 0 aliphatic heterocycles. The first-order chi connectivity index (χ1) is 10.3. The molecule has 118 valence electrons. The van der Waals surface area contributed by atoms with Gasteiger partial charge in [-0.2, -0.15) is 9.67 Å². The molecule has 22 heavy (non-hydrogen) atoms. The maximum atomic E-state index is 12.6. The summed E-state index contributed by atoms with van der Waals surface area (Å²) in [6, 6.07) is 8.10. The predicted octanol–water partition coefficient (Wildman–Crippen LogP) is 3.73. The zero-order chi connectivity index (χ0) is 16.3. The number of benzene rings is 1. The van der Waals surface area contributed by atoms with Crippen molar-refractivity contribution in [1.29, 1.82) is 0 Å². The lowest BCUT2D eigenvalue weighted by Gasteiger charge is -2.16. The van der Waals surface area contributed by atoms with Crippen LogP contribution in [-0.4, -0.2) is 27.3 Å². The van der Waals surface area contributed by atoms with Crippen LogP contribution in [0.5, 0.6) is 6.01 Å². The van der Waals surface area contributed by atoms with Crippen LogP contribution in [0.2, 0.25) is 0 Å². The molecule has 1 heterocycles. The fraction of sp³-hybridized carbons (Fsp3) is 0.471. The maximum absolute atomic E-state index is 12.6. The molecule has 0 spiro atoms. The van der Waals surface area contributed by atoms with Gasteiger partial charge in [-0.05, 0) is 13.3 Å². The van der Waals surface area contributed by atoms with E-state index in [0.717, 1.165) is 17.5 Å². The molecule has 2 rings (SSSR count). The predicted molar refractivity (Wildman–Crippen MR) is 86.1 cm³/mol. The highest BCUT2D eigenvalue weighted by atomic mass is 16.5. The third kappa shape index (κ3) is 3.53. The molecule has 0 aliphatic rings. The van der Waals surface area contributed by atoms with Gasteiger partial charge in [-0.3, -0.25) is 4.79 Å². The van der Waals surface area contributed by atoms with Crippen LogP contribution >= 0.6 is 0 Å². The SMILES string of the molecule is CCCOc1nc(-c2ccc(C)cc2)n(C(=O)C(C)(C)C)n1. The summed E-state index contributed by atoms with van der Waals surface area (Å²) in [6.45, 7) is 10.2. The monoisotopic (exact) mass is 301 g/mol. The number of carbonyl (C=O) groups is 1. The number of hydrogen-bond donors (Lipinski definition) is 0. The van der Waals surface area contributed by atoms with Gasteiger partial charge in [0, 0.05) is 11.0 Å². The molecule has 0 unspecified atom stereocenters. The van der Waals surface area contributed by atoms with Gasteiger partial charge in [-0.25, -0.2) is 0 Å². The van der Waals surface area contributed by atoms with E-state index in [-0.39, 0.29) is 11.9 Å². The van der Waals surface area contributed by atoms with E-state index in [1.54, 1.807) is 0 Å². The molecule has 0 amide bonds. The van der Waals surface area contributed by atoms with Crippen molar-refractivity contribution in [3.63, 3.8) is 0 Å². The molecule has 0 aliphatic carbocycles. The molecule has 5 nitrogen and oxygen atoms in total. The minimum atomic E-state index is -0.546. The minimum absolute atomic E-state index is 0.109. The molecule has 5 heteroatoms. The highest BCUT2D eigenvalue weighted by Crippen LogP contribution is 2.25. The van der Waals surface area contributed by atoms with Crippen LogP contribution in [-0.2, 0) is 0 Å². The fourth-order valence-electron chi connectivity index (χ4n) is 1.90. The summed E-state index contributed by atoms with van der Waals surface area (Å²) < 4.78 is 6.85. The fourth-order valence-corrected chi connectivity index (χ4v) is 1.90. The molecule has 0 N–H and O–H groups in total. The van der Waals surface area contributed by atoms with Crippen LogP contribution in [0.25, 0.3) is 11.4 Å². The number of aryl methyl sites for hydroxylation is 1. The Labute approximate surface area is 131 Å². The molecular weight excluding hydrogens is 278 g/mol. The summed E-state index contributed by atoms with van der Waals surface area (Å²) in [5, 5.41) is 4.25. The van der Waals surface area contributed by atoms with E-state index in [1.807, 2.05) is 58.9 Å². The molecule has 1 aromatic heterocycles. The highest BCUT2D eigenvalue weighted by molar-refractivity contribution is 5.86. The summed E-state index contributed by atoms with van der Waals surface area (Å²) >= 11 is 0. The van der Waals surface area contributed by atoms with Crippen molar-refractivity contribution in [2.45, 2.75) is 41.0 Å². The molecule has 0 radical (unpaired) electrons. The van der Waals surface area contributed by atoms with Crippen LogP contribution in [0.1, 0.15) is 44.5 Å². The van der Waals surface area contributed by atoms with Crippen molar-refractivity contribution in [3.8, 4) is 17.4 Å². The van der Waals surface area contributed by atoms with Gasteiger partial charge in [-0.1, -0.05) is 57.5 Å². The quantitative estimate of drug-likeness (QED) is 0.863. The molecule has 0 saturated carbocycles. The topological polar surface area (TPSA) is 57.0 Å². The average Bonchev–Trinajstić information content (AvgIpc) is 2.88. The van der Waals surface area contributed by atoms with Crippen molar-refractivity contribution < 1.29 is 9.53 Å². The summed E-state index contributed by atoms with van der Waals surface area (Å²) in [4.78, 5) is 17.0. The lowest BCUT2D eigenvalue weighted by molar-refractivity contribution is 0.0748. The Kier molecular flexibility index (Phi) is 4.64. The second-order valence-electron chi connectivity index (χ2n) is 6.40. The molecule has 0 saturated heterocycles. The standard InChI is InChI=1S/C17H23N3O2/c1-6-11-22-16-18-14(13-9-7-12(2)8-10-13)20(19-16)15(21)17(3,4)5/h7-10H,6,11H2,1-5H3. The average molecular weight is 301 g/mol. The Morgan fingerprint density at radius 3 is 2.41 bits per heavy atom. The van der Waals surface area contributed by atoms with Gasteiger partial charge in [0.2, 0.25) is 0 Å². The minimum Gasteiger partial charge on any atom is -0.462 e. The number of hydrogen-bond acceptors (Lipinski definition) is 4. The number of aromatic nitrogens is 3. The van der Waals surface area contributed by atoms with Crippen molar-refractivity contribution in [1.82, 2.24) is 14.8 Å². The summed E-state index contributed by atoms with van der Waals surface area (Å²) in [6.07, 6.45) is 0.863. The Bertz CT molecular complexity index is 652. The summed E-state index contributed by atoms with van der Waals surface area (Å²) in [5.41, 5.74) is 1.45. The zero-order valence-electron chi connectivity index (χ0n) is 13.9. The Morgan fingerprint density at radius 2 is 1.86 bits per heavy atom. The van der Waals surface area contributed by atoms with E-state index in [0.29, 0.717) is 12.4 Å². The van der Waals surface area contributed by atoms with Gasteiger partial charge in [0.1, 0.15) is 0 Å². The largest absolute Gasteiger partial charge is 0.462 e. The van der Waals surface area contributed by atoms with Crippen molar-refractivity contribution in [2.75, 3.05) is 6.61 Å². The van der Waals surface area contributed by atoms with E-state index in [4.69, 9.17) is 4.74 Å². The number of nitrogens with zero attached hydrogens (tertiary/aromatic N) is 3. The Balaban J connectivity index is 2.47. The summed E-state index contributed by atoms with van der Waals surface area (Å²) in [7, 11) is 0. The van der Waals surface area contributed by atoms with Crippen LogP contribution in [0.15, 0.2) is 24.3 Å². The van der Waals surface area contributed by atoms with Crippen LogP contribution in [0.4, 0.5) is 0 Å². The van der Waals surface area contributed by atoms with E-state index < -0.39 is 5.41 Å². The maximum Gasteiger partial charge on any atom is 0.336 e. The molecule has 0 fully saturated rings. The Hall–Kier alpha value is -2.17. The first-order valence-electron chi connectivity index (χ1n) is 7.54. The van der Waals surface area contributed by atoms with Gasteiger partial charge in [0.15, 0.2) is 5.82 Å². The first-order valence-corrected chi connectivity index (χ1v) is 7.54. The second kappa shape index (κ2) is 6.30. The first kappa shape index (κ1) is 16.2. The lowest BCUT2D eigenvalue weighted by Crippen LogP contribution is -2.28. The number of ether oxygens (including phenoxy) is 1. The molecule has 1 aromatic carbocycles.